The maximum absolute atomic E-state index is 11.1. The Balaban J connectivity index is 2.46. The molecule has 0 saturated carbocycles. The molecule has 0 fully saturated rings. The lowest BCUT2D eigenvalue weighted by Crippen LogP contribution is -2.11. The van der Waals surface area contributed by atoms with E-state index in [0.717, 1.165) is 6.07 Å². The fraction of sp³-hybridized carbons (Fsp3) is 0. The van der Waals surface area contributed by atoms with Crippen molar-refractivity contribution in [3.05, 3.63) is 62.1 Å². The van der Waals surface area contributed by atoms with Crippen molar-refractivity contribution < 1.29 is 14.5 Å². The van der Waals surface area contributed by atoms with Crippen LogP contribution in [0.5, 0.6) is 11.5 Å². The average molecular weight is 327 g/mol. The van der Waals surface area contributed by atoms with Gasteiger partial charge < -0.3 is 10.5 Å². The third kappa shape index (κ3) is 3.24. The zero-order valence-electron chi connectivity index (χ0n) is 10.4. The van der Waals surface area contributed by atoms with E-state index in [1.165, 1.54) is 18.2 Å². The number of ether oxygens (including phenoxy) is 1. The Hall–Kier alpha value is -2.31. The first-order valence-corrected chi connectivity index (χ1v) is 6.36. The van der Waals surface area contributed by atoms with Crippen molar-refractivity contribution in [3.63, 3.8) is 0 Å². The van der Waals surface area contributed by atoms with Crippen LogP contribution in [0.25, 0.3) is 0 Å². The molecule has 0 aliphatic carbocycles. The van der Waals surface area contributed by atoms with Crippen LogP contribution in [0.1, 0.15) is 10.4 Å². The SMILES string of the molecule is NC(=O)c1ccc(Oc2cccc(Cl)c2Cl)c([N+](=O)[O-])c1. The predicted molar refractivity (Wildman–Crippen MR) is 78.2 cm³/mol. The largest absolute Gasteiger partial charge is 0.449 e. The van der Waals surface area contributed by atoms with Crippen LogP contribution in [0.3, 0.4) is 0 Å². The van der Waals surface area contributed by atoms with Crippen LogP contribution in [-0.4, -0.2) is 10.8 Å². The smallest absolute Gasteiger partial charge is 0.312 e. The molecule has 0 heterocycles. The Labute approximate surface area is 129 Å². The maximum Gasteiger partial charge on any atom is 0.312 e. The number of nitrogens with zero attached hydrogens (tertiary/aromatic N) is 1. The third-order valence-electron chi connectivity index (χ3n) is 2.58. The number of carbonyl (C=O) groups excluding carboxylic acids is 1. The third-order valence-corrected chi connectivity index (χ3v) is 3.38. The lowest BCUT2D eigenvalue weighted by Gasteiger charge is -2.09. The molecule has 108 valence electrons. The lowest BCUT2D eigenvalue weighted by atomic mass is 10.2. The second-order valence-electron chi connectivity index (χ2n) is 3.96. The summed E-state index contributed by atoms with van der Waals surface area (Å²) in [6.45, 7) is 0. The molecule has 2 N–H and O–H groups in total. The van der Waals surface area contributed by atoms with Crippen LogP contribution < -0.4 is 10.5 Å². The van der Waals surface area contributed by atoms with Gasteiger partial charge in [0.25, 0.3) is 0 Å². The molecule has 0 bridgehead atoms. The van der Waals surface area contributed by atoms with E-state index >= 15 is 0 Å². The summed E-state index contributed by atoms with van der Waals surface area (Å²) in [6, 6.07) is 8.29. The van der Waals surface area contributed by atoms with Crippen molar-refractivity contribution in [2.24, 2.45) is 5.73 Å². The van der Waals surface area contributed by atoms with Gasteiger partial charge in [-0.25, -0.2) is 0 Å². The highest BCUT2D eigenvalue weighted by Gasteiger charge is 2.19. The van der Waals surface area contributed by atoms with E-state index in [-0.39, 0.29) is 27.1 Å². The number of halogens is 2. The monoisotopic (exact) mass is 326 g/mol. The number of carbonyl (C=O) groups is 1. The average Bonchev–Trinajstić information content (AvgIpc) is 2.43. The van der Waals surface area contributed by atoms with Crippen LogP contribution >= 0.6 is 23.2 Å². The Morgan fingerprint density at radius 1 is 1.19 bits per heavy atom. The summed E-state index contributed by atoms with van der Waals surface area (Å²) < 4.78 is 5.41. The number of amides is 1. The van der Waals surface area contributed by atoms with E-state index in [1.807, 2.05) is 0 Å². The van der Waals surface area contributed by atoms with Gasteiger partial charge >= 0.3 is 5.69 Å². The van der Waals surface area contributed by atoms with Crippen molar-refractivity contribution in [3.8, 4) is 11.5 Å². The fourth-order valence-electron chi connectivity index (χ4n) is 1.58. The molecule has 0 unspecified atom stereocenters. The van der Waals surface area contributed by atoms with Gasteiger partial charge in [-0.1, -0.05) is 29.3 Å². The molecule has 2 aromatic carbocycles. The van der Waals surface area contributed by atoms with Crippen LogP contribution in [0, 0.1) is 10.1 Å². The van der Waals surface area contributed by atoms with E-state index in [1.54, 1.807) is 12.1 Å². The first-order valence-electron chi connectivity index (χ1n) is 5.60. The Morgan fingerprint density at radius 2 is 1.90 bits per heavy atom. The molecule has 8 heteroatoms. The number of nitro benzene ring substituents is 1. The molecular weight excluding hydrogens is 319 g/mol. The quantitative estimate of drug-likeness (QED) is 0.682. The summed E-state index contributed by atoms with van der Waals surface area (Å²) in [6.07, 6.45) is 0. The summed E-state index contributed by atoms with van der Waals surface area (Å²) in [5.41, 5.74) is 4.69. The van der Waals surface area contributed by atoms with Gasteiger partial charge in [-0.15, -0.1) is 0 Å². The number of primary amides is 1. The van der Waals surface area contributed by atoms with Gasteiger partial charge in [-0.05, 0) is 24.3 Å². The highest BCUT2D eigenvalue weighted by Crippen LogP contribution is 2.38. The maximum atomic E-state index is 11.1. The van der Waals surface area contributed by atoms with Gasteiger partial charge in [0.1, 0.15) is 10.8 Å². The number of hydrogen-bond donors (Lipinski definition) is 1. The van der Waals surface area contributed by atoms with Crippen molar-refractivity contribution in [1.82, 2.24) is 0 Å². The standard InChI is InChI=1S/C13H8Cl2N2O4/c14-8-2-1-3-11(12(8)15)21-10-5-4-7(13(16)18)6-9(10)17(19)20/h1-6H,(H2,16,18). The second kappa shape index (κ2) is 5.99. The highest BCUT2D eigenvalue weighted by molar-refractivity contribution is 6.42. The minimum absolute atomic E-state index is 0.00578. The molecular formula is C13H8Cl2N2O4. The summed E-state index contributed by atoms with van der Waals surface area (Å²) in [5.74, 6) is -0.682. The molecule has 0 aromatic heterocycles. The van der Waals surface area contributed by atoms with E-state index in [9.17, 15) is 14.9 Å². The van der Waals surface area contributed by atoms with E-state index < -0.39 is 16.5 Å². The molecule has 0 atom stereocenters. The van der Waals surface area contributed by atoms with Gasteiger partial charge in [0.15, 0.2) is 0 Å². The Morgan fingerprint density at radius 3 is 2.52 bits per heavy atom. The molecule has 1 amide bonds. The van der Waals surface area contributed by atoms with Gasteiger partial charge in [0.2, 0.25) is 11.7 Å². The molecule has 6 nitrogen and oxygen atoms in total. The first-order chi connectivity index (χ1) is 9.90. The Bertz CT molecular complexity index is 734. The van der Waals surface area contributed by atoms with Crippen molar-refractivity contribution in [2.45, 2.75) is 0 Å². The summed E-state index contributed by atoms with van der Waals surface area (Å²) in [5, 5.41) is 11.4. The van der Waals surface area contributed by atoms with Gasteiger partial charge in [0, 0.05) is 11.6 Å². The van der Waals surface area contributed by atoms with Crippen LogP contribution in [0.2, 0.25) is 10.0 Å². The number of hydrogen-bond acceptors (Lipinski definition) is 4. The molecule has 0 saturated heterocycles. The number of nitro groups is 1. The zero-order valence-corrected chi connectivity index (χ0v) is 11.9. The second-order valence-corrected chi connectivity index (χ2v) is 4.74. The predicted octanol–water partition coefficient (Wildman–Crippen LogP) is 3.79. The lowest BCUT2D eigenvalue weighted by molar-refractivity contribution is -0.385. The van der Waals surface area contributed by atoms with E-state index in [4.69, 9.17) is 33.7 Å². The topological polar surface area (TPSA) is 95.5 Å². The number of benzene rings is 2. The van der Waals surface area contributed by atoms with Crippen molar-refractivity contribution in [1.29, 1.82) is 0 Å². The Kier molecular flexibility index (Phi) is 4.30. The molecule has 0 spiro atoms. The molecule has 0 radical (unpaired) electrons. The minimum Gasteiger partial charge on any atom is -0.449 e. The van der Waals surface area contributed by atoms with Crippen LogP contribution in [0.15, 0.2) is 36.4 Å². The van der Waals surface area contributed by atoms with Gasteiger partial charge in [-0.2, -0.15) is 0 Å². The highest BCUT2D eigenvalue weighted by atomic mass is 35.5. The molecule has 2 aromatic rings. The first kappa shape index (κ1) is 15.1. The summed E-state index contributed by atoms with van der Waals surface area (Å²) >= 11 is 11.8. The molecule has 0 aliphatic rings. The summed E-state index contributed by atoms with van der Waals surface area (Å²) in [7, 11) is 0. The van der Waals surface area contributed by atoms with Crippen LogP contribution in [0.4, 0.5) is 5.69 Å². The zero-order chi connectivity index (χ0) is 15.6. The fourth-order valence-corrected chi connectivity index (χ4v) is 1.91. The minimum atomic E-state index is -0.773. The molecule has 21 heavy (non-hydrogen) atoms. The van der Waals surface area contributed by atoms with E-state index in [2.05, 4.69) is 0 Å². The van der Waals surface area contributed by atoms with Crippen LogP contribution in [-0.2, 0) is 0 Å². The molecule has 2 rings (SSSR count). The van der Waals surface area contributed by atoms with Crippen molar-refractivity contribution in [2.75, 3.05) is 0 Å². The van der Waals surface area contributed by atoms with Crippen molar-refractivity contribution >= 4 is 34.8 Å². The van der Waals surface area contributed by atoms with E-state index in [0.29, 0.717) is 0 Å². The van der Waals surface area contributed by atoms with Gasteiger partial charge in [0.05, 0.1) is 9.95 Å². The normalized spacial score (nSPS) is 10.2. The molecule has 0 aliphatic heterocycles. The number of nitrogens with two attached hydrogens (primary N) is 1. The summed E-state index contributed by atoms with van der Waals surface area (Å²) in [4.78, 5) is 21.4. The van der Waals surface area contributed by atoms with Gasteiger partial charge in [-0.3, -0.25) is 14.9 Å². The number of rotatable bonds is 4.